The number of ether oxygens (including phenoxy) is 1. The van der Waals surface area contributed by atoms with Crippen molar-refractivity contribution in [1.29, 1.82) is 0 Å². The van der Waals surface area contributed by atoms with E-state index < -0.39 is 0 Å². The average Bonchev–Trinajstić information content (AvgIpc) is 2.67. The summed E-state index contributed by atoms with van der Waals surface area (Å²) in [5.41, 5.74) is 0.564. The molecular formula is C18H34O. The van der Waals surface area contributed by atoms with E-state index in [4.69, 9.17) is 4.74 Å². The molecule has 0 aromatic heterocycles. The van der Waals surface area contributed by atoms with Crippen LogP contribution in [-0.2, 0) is 4.74 Å². The van der Waals surface area contributed by atoms with E-state index in [1.807, 2.05) is 0 Å². The topological polar surface area (TPSA) is 9.23 Å². The first kappa shape index (κ1) is 15.4. The van der Waals surface area contributed by atoms with Crippen LogP contribution in [0.5, 0.6) is 0 Å². The van der Waals surface area contributed by atoms with Gasteiger partial charge >= 0.3 is 0 Å². The van der Waals surface area contributed by atoms with Crippen molar-refractivity contribution in [2.24, 2.45) is 29.1 Å². The molecule has 2 rings (SSSR count). The van der Waals surface area contributed by atoms with Crippen LogP contribution in [0.15, 0.2) is 0 Å². The molecule has 1 saturated carbocycles. The molecule has 0 amide bonds. The van der Waals surface area contributed by atoms with Crippen LogP contribution in [0.25, 0.3) is 0 Å². The molecule has 0 N–H and O–H groups in total. The van der Waals surface area contributed by atoms with Crippen LogP contribution in [0, 0.1) is 29.1 Å². The van der Waals surface area contributed by atoms with E-state index in [1.165, 1.54) is 38.5 Å². The van der Waals surface area contributed by atoms with Crippen molar-refractivity contribution in [1.82, 2.24) is 0 Å². The van der Waals surface area contributed by atoms with Crippen LogP contribution in [0.3, 0.4) is 0 Å². The second kappa shape index (κ2) is 6.16. The Kier molecular flexibility index (Phi) is 4.98. The van der Waals surface area contributed by atoms with Gasteiger partial charge in [0.05, 0.1) is 6.10 Å². The third kappa shape index (κ3) is 3.17. The zero-order valence-electron chi connectivity index (χ0n) is 13.7. The van der Waals surface area contributed by atoms with Crippen LogP contribution >= 0.6 is 0 Å². The number of hydrogen-bond acceptors (Lipinski definition) is 1. The van der Waals surface area contributed by atoms with Crippen molar-refractivity contribution in [2.75, 3.05) is 6.61 Å². The molecule has 0 aromatic carbocycles. The van der Waals surface area contributed by atoms with E-state index in [9.17, 15) is 0 Å². The fourth-order valence-corrected chi connectivity index (χ4v) is 5.00. The Morgan fingerprint density at radius 2 is 1.89 bits per heavy atom. The normalized spacial score (nSPS) is 40.4. The third-order valence-corrected chi connectivity index (χ3v) is 6.20. The van der Waals surface area contributed by atoms with Gasteiger partial charge in [-0.05, 0) is 55.3 Å². The third-order valence-electron chi connectivity index (χ3n) is 6.20. The fourth-order valence-electron chi connectivity index (χ4n) is 5.00. The highest BCUT2D eigenvalue weighted by Crippen LogP contribution is 2.57. The first-order valence-corrected chi connectivity index (χ1v) is 8.56. The second-order valence-corrected chi connectivity index (χ2v) is 7.92. The molecule has 2 fully saturated rings. The van der Waals surface area contributed by atoms with Gasteiger partial charge in [-0.2, -0.15) is 0 Å². The van der Waals surface area contributed by atoms with Gasteiger partial charge in [-0.15, -0.1) is 0 Å². The smallest absolute Gasteiger partial charge is 0.0580 e. The maximum atomic E-state index is 5.90. The summed E-state index contributed by atoms with van der Waals surface area (Å²) in [7, 11) is 0. The van der Waals surface area contributed by atoms with E-state index in [0.717, 1.165) is 30.3 Å². The van der Waals surface area contributed by atoms with Crippen molar-refractivity contribution in [3.63, 3.8) is 0 Å². The van der Waals surface area contributed by atoms with E-state index in [2.05, 4.69) is 34.6 Å². The molecule has 1 aliphatic carbocycles. The van der Waals surface area contributed by atoms with Gasteiger partial charge in [-0.1, -0.05) is 47.0 Å². The van der Waals surface area contributed by atoms with E-state index in [-0.39, 0.29) is 0 Å². The Labute approximate surface area is 120 Å². The quantitative estimate of drug-likeness (QED) is 0.615. The Morgan fingerprint density at radius 1 is 1.16 bits per heavy atom. The van der Waals surface area contributed by atoms with Crippen molar-refractivity contribution in [2.45, 2.75) is 79.2 Å². The lowest BCUT2D eigenvalue weighted by Gasteiger charge is -2.45. The fraction of sp³-hybridized carbons (Fsp3) is 1.00. The number of rotatable bonds is 5. The van der Waals surface area contributed by atoms with Crippen molar-refractivity contribution < 1.29 is 4.74 Å². The van der Waals surface area contributed by atoms with Crippen molar-refractivity contribution >= 4 is 0 Å². The summed E-state index contributed by atoms with van der Waals surface area (Å²) in [4.78, 5) is 0. The van der Waals surface area contributed by atoms with Gasteiger partial charge in [-0.3, -0.25) is 0 Å². The molecule has 0 spiro atoms. The molecule has 112 valence electrons. The predicted molar refractivity (Wildman–Crippen MR) is 82.2 cm³/mol. The first-order valence-electron chi connectivity index (χ1n) is 8.56. The lowest BCUT2D eigenvalue weighted by Crippen LogP contribution is -2.43. The second-order valence-electron chi connectivity index (χ2n) is 7.92. The molecule has 2 aliphatic rings. The molecule has 0 radical (unpaired) electrons. The molecular weight excluding hydrogens is 233 g/mol. The summed E-state index contributed by atoms with van der Waals surface area (Å²) in [5, 5.41) is 0. The molecule has 0 aromatic rings. The molecule has 1 saturated heterocycles. The standard InChI is InChI=1S/C18H34O/c1-13(2)7-6-8-14(3)16-9-10-17-15(4)19-12-11-18(16,17)5/h13-17H,6-12H2,1-5H3/t14-,15+,16-,17+,18-/m1/s1/i4+1. The molecule has 0 bridgehead atoms. The highest BCUT2D eigenvalue weighted by molar-refractivity contribution is 5.00. The van der Waals surface area contributed by atoms with Gasteiger partial charge in [0.1, 0.15) is 0 Å². The average molecular weight is 267 g/mol. The zero-order valence-corrected chi connectivity index (χ0v) is 13.7. The summed E-state index contributed by atoms with van der Waals surface area (Å²) in [6.45, 7) is 13.1. The van der Waals surface area contributed by atoms with Gasteiger partial charge in [0, 0.05) is 6.61 Å². The van der Waals surface area contributed by atoms with Gasteiger partial charge in [0.2, 0.25) is 0 Å². The molecule has 1 aliphatic heterocycles. The van der Waals surface area contributed by atoms with Crippen molar-refractivity contribution in [3.05, 3.63) is 0 Å². The summed E-state index contributed by atoms with van der Waals surface area (Å²) < 4.78 is 5.90. The van der Waals surface area contributed by atoms with Gasteiger partial charge in [-0.25, -0.2) is 0 Å². The number of hydrogen-bond donors (Lipinski definition) is 0. The van der Waals surface area contributed by atoms with Crippen molar-refractivity contribution in [3.8, 4) is 0 Å². The van der Waals surface area contributed by atoms with Crippen LogP contribution in [0.4, 0.5) is 0 Å². The summed E-state index contributed by atoms with van der Waals surface area (Å²) in [6, 6.07) is 0. The minimum absolute atomic E-state index is 0.492. The Balaban J connectivity index is 1.93. The predicted octanol–water partition coefficient (Wildman–Crippen LogP) is 5.29. The lowest BCUT2D eigenvalue weighted by atomic mass is 9.65. The lowest BCUT2D eigenvalue weighted by molar-refractivity contribution is -0.0921. The van der Waals surface area contributed by atoms with Crippen LogP contribution in [0.1, 0.15) is 73.1 Å². The van der Waals surface area contributed by atoms with Crippen LogP contribution < -0.4 is 0 Å². The van der Waals surface area contributed by atoms with Gasteiger partial charge in [0.25, 0.3) is 0 Å². The first-order chi connectivity index (χ1) is 8.95. The maximum Gasteiger partial charge on any atom is 0.0580 e. The minimum atomic E-state index is 0.492. The Hall–Kier alpha value is -0.0400. The summed E-state index contributed by atoms with van der Waals surface area (Å²) in [5.74, 6) is 3.52. The Morgan fingerprint density at radius 3 is 2.58 bits per heavy atom. The summed E-state index contributed by atoms with van der Waals surface area (Å²) >= 11 is 0. The molecule has 19 heavy (non-hydrogen) atoms. The summed E-state index contributed by atoms with van der Waals surface area (Å²) in [6.07, 6.45) is 8.88. The molecule has 1 heterocycles. The SMILES string of the molecule is CC(C)CCC[C@@H](C)[C@H]1CC[C@H]2[C@H]([13CH3])OCC[C@]12C. The Bertz CT molecular complexity index is 285. The van der Waals surface area contributed by atoms with Crippen LogP contribution in [0.2, 0.25) is 0 Å². The largest absolute Gasteiger partial charge is 0.378 e. The van der Waals surface area contributed by atoms with E-state index >= 15 is 0 Å². The molecule has 0 unspecified atom stereocenters. The monoisotopic (exact) mass is 267 g/mol. The molecule has 1 heteroatoms. The highest BCUT2D eigenvalue weighted by Gasteiger charge is 2.51. The van der Waals surface area contributed by atoms with E-state index in [1.54, 1.807) is 0 Å². The zero-order chi connectivity index (χ0) is 14.0. The number of fused-ring (bicyclic) bond motifs is 1. The van der Waals surface area contributed by atoms with Gasteiger partial charge in [0.15, 0.2) is 0 Å². The molecule has 1 nitrogen and oxygen atoms in total. The molecule has 5 atom stereocenters. The van der Waals surface area contributed by atoms with Crippen LogP contribution in [-0.4, -0.2) is 12.7 Å². The van der Waals surface area contributed by atoms with E-state index in [0.29, 0.717) is 11.5 Å². The maximum absolute atomic E-state index is 5.90. The highest BCUT2D eigenvalue weighted by atomic mass is 16.5. The van der Waals surface area contributed by atoms with Gasteiger partial charge < -0.3 is 4.74 Å². The minimum Gasteiger partial charge on any atom is -0.378 e.